The summed E-state index contributed by atoms with van der Waals surface area (Å²) in [6.07, 6.45) is 0. The molecule has 3 rings (SSSR count). The van der Waals surface area contributed by atoms with E-state index in [1.807, 2.05) is 55.5 Å². The summed E-state index contributed by atoms with van der Waals surface area (Å²) in [7, 11) is -1.42. The minimum absolute atomic E-state index is 0.129. The molecule has 0 heterocycles. The smallest absolute Gasteiger partial charge is 0.237 e. The maximum absolute atomic E-state index is 12.4. The van der Waals surface area contributed by atoms with E-state index in [0.29, 0.717) is 11.3 Å². The molecule has 1 atom stereocenters. The minimum atomic E-state index is -1.42. The van der Waals surface area contributed by atoms with Crippen molar-refractivity contribution in [2.45, 2.75) is 19.6 Å². The van der Waals surface area contributed by atoms with Crippen LogP contribution in [0.15, 0.2) is 66.7 Å². The first kappa shape index (κ1) is 20.6. The van der Waals surface area contributed by atoms with Gasteiger partial charge in [-0.25, -0.2) is 0 Å². The largest absolute Gasteiger partial charge is 0.507 e. The van der Waals surface area contributed by atoms with Crippen molar-refractivity contribution in [1.29, 1.82) is 0 Å². The number of hydrogen-bond donors (Lipinski definition) is 3. The molecule has 0 aliphatic carbocycles. The molecule has 3 aromatic rings. The van der Waals surface area contributed by atoms with Gasteiger partial charge in [0, 0.05) is 33.4 Å². The molecule has 0 radical (unpaired) electrons. The lowest BCUT2D eigenvalue weighted by Crippen LogP contribution is -2.20. The first-order chi connectivity index (χ1) is 13.9. The van der Waals surface area contributed by atoms with Crippen molar-refractivity contribution in [2.24, 2.45) is 0 Å². The van der Waals surface area contributed by atoms with Gasteiger partial charge in [0.2, 0.25) is 5.91 Å². The highest BCUT2D eigenvalue weighted by molar-refractivity contribution is 7.85. The number of benzene rings is 3. The van der Waals surface area contributed by atoms with Gasteiger partial charge in [0.1, 0.15) is 11.5 Å². The number of carbonyl (C=O) groups excluding carboxylic acids is 1. The second-order valence-corrected chi connectivity index (χ2v) is 8.39. The number of nitrogens with one attached hydrogen (secondary N) is 2. The molecule has 0 fully saturated rings. The molecule has 6 heteroatoms. The summed E-state index contributed by atoms with van der Waals surface area (Å²) in [5.74, 6) is -0.167. The van der Waals surface area contributed by atoms with Crippen LogP contribution >= 0.6 is 0 Å². The Morgan fingerprint density at radius 3 is 2.24 bits per heavy atom. The van der Waals surface area contributed by atoms with Crippen LogP contribution in [0.5, 0.6) is 5.75 Å². The number of aryl methyl sites for hydroxylation is 2. The number of phenols is 1. The van der Waals surface area contributed by atoms with E-state index in [9.17, 15) is 14.1 Å². The van der Waals surface area contributed by atoms with E-state index in [2.05, 4.69) is 10.6 Å². The van der Waals surface area contributed by atoms with Gasteiger partial charge in [-0.2, -0.15) is 0 Å². The summed E-state index contributed by atoms with van der Waals surface area (Å²) >= 11 is 0. The molecule has 0 aliphatic rings. The van der Waals surface area contributed by atoms with E-state index < -0.39 is 10.8 Å². The van der Waals surface area contributed by atoms with Crippen molar-refractivity contribution in [3.05, 3.63) is 83.4 Å². The molecule has 0 bridgehead atoms. The Hall–Kier alpha value is -3.12. The van der Waals surface area contributed by atoms with Gasteiger partial charge in [0.05, 0.1) is 5.75 Å². The first-order valence-corrected chi connectivity index (χ1v) is 10.8. The van der Waals surface area contributed by atoms with Crippen molar-refractivity contribution in [1.82, 2.24) is 0 Å². The number of phenolic OH excluding ortho intramolecular Hbond substituents is 1. The van der Waals surface area contributed by atoms with Crippen LogP contribution in [-0.2, 0) is 21.3 Å². The van der Waals surface area contributed by atoms with Crippen molar-refractivity contribution in [3.63, 3.8) is 0 Å². The highest BCUT2D eigenvalue weighted by atomic mass is 32.2. The summed E-state index contributed by atoms with van der Waals surface area (Å²) in [5.41, 5.74) is 4.86. The molecule has 0 saturated carbocycles. The number of para-hydroxylation sites is 1. The maximum atomic E-state index is 12.4. The molecule has 5 nitrogen and oxygen atoms in total. The minimum Gasteiger partial charge on any atom is -0.507 e. The lowest BCUT2D eigenvalue weighted by atomic mass is 10.1. The van der Waals surface area contributed by atoms with Gasteiger partial charge in [-0.3, -0.25) is 9.00 Å². The van der Waals surface area contributed by atoms with Gasteiger partial charge >= 0.3 is 0 Å². The van der Waals surface area contributed by atoms with Crippen LogP contribution in [0.2, 0.25) is 0 Å². The van der Waals surface area contributed by atoms with Crippen LogP contribution < -0.4 is 10.6 Å². The number of carbonyl (C=O) groups is 1. The van der Waals surface area contributed by atoms with E-state index in [4.69, 9.17) is 0 Å². The third kappa shape index (κ3) is 5.93. The standard InChI is InChI=1S/C23H24N2O3S/c1-16-12-17(2)23(27)18(13-16)14-29(28)15-22(26)25-21-10-8-20(9-11-21)24-19-6-4-3-5-7-19/h3-13,24,27H,14-15H2,1-2H3,(H,25,26). The fraction of sp³-hybridized carbons (Fsp3) is 0.174. The lowest BCUT2D eigenvalue weighted by Gasteiger charge is -2.10. The van der Waals surface area contributed by atoms with Gasteiger partial charge in [0.15, 0.2) is 0 Å². The third-order valence-corrected chi connectivity index (χ3v) is 5.58. The summed E-state index contributed by atoms with van der Waals surface area (Å²) in [5, 5.41) is 16.2. The Balaban J connectivity index is 1.54. The van der Waals surface area contributed by atoms with Crippen molar-refractivity contribution < 1.29 is 14.1 Å². The molecular formula is C23H24N2O3S. The van der Waals surface area contributed by atoms with Crippen molar-refractivity contribution in [3.8, 4) is 5.75 Å². The van der Waals surface area contributed by atoms with Gasteiger partial charge in [-0.1, -0.05) is 35.9 Å². The van der Waals surface area contributed by atoms with Gasteiger partial charge in [0.25, 0.3) is 0 Å². The molecule has 150 valence electrons. The van der Waals surface area contributed by atoms with E-state index in [1.165, 1.54) is 0 Å². The highest BCUT2D eigenvalue weighted by Gasteiger charge is 2.13. The Morgan fingerprint density at radius 2 is 1.55 bits per heavy atom. The highest BCUT2D eigenvalue weighted by Crippen LogP contribution is 2.25. The molecule has 0 spiro atoms. The molecule has 3 N–H and O–H groups in total. The summed E-state index contributed by atoms with van der Waals surface area (Å²) in [4.78, 5) is 12.2. The molecule has 0 aromatic heterocycles. The van der Waals surface area contributed by atoms with Crippen molar-refractivity contribution in [2.75, 3.05) is 16.4 Å². The fourth-order valence-corrected chi connectivity index (χ4v) is 4.08. The normalized spacial score (nSPS) is 11.7. The van der Waals surface area contributed by atoms with Crippen LogP contribution in [0.25, 0.3) is 0 Å². The van der Waals surface area contributed by atoms with Crippen molar-refractivity contribution >= 4 is 33.8 Å². The quantitative estimate of drug-likeness (QED) is 0.532. The maximum Gasteiger partial charge on any atom is 0.237 e. The zero-order chi connectivity index (χ0) is 20.8. The Labute approximate surface area is 173 Å². The second-order valence-electron chi connectivity index (χ2n) is 6.93. The molecule has 1 amide bonds. The van der Waals surface area contributed by atoms with Crippen LogP contribution in [0.3, 0.4) is 0 Å². The number of aromatic hydroxyl groups is 1. The fourth-order valence-electron chi connectivity index (χ4n) is 3.05. The van der Waals surface area contributed by atoms with E-state index >= 15 is 0 Å². The summed E-state index contributed by atoms with van der Waals surface area (Å²) in [6.45, 7) is 3.72. The SMILES string of the molecule is Cc1cc(C)c(O)c(CS(=O)CC(=O)Nc2ccc(Nc3ccccc3)cc2)c1. The van der Waals surface area contributed by atoms with E-state index in [1.54, 1.807) is 25.1 Å². The number of hydrogen-bond acceptors (Lipinski definition) is 4. The molecule has 0 saturated heterocycles. The zero-order valence-corrected chi connectivity index (χ0v) is 17.3. The number of rotatable bonds is 7. The zero-order valence-electron chi connectivity index (χ0n) is 16.4. The summed E-state index contributed by atoms with van der Waals surface area (Å²) < 4.78 is 12.4. The average molecular weight is 409 g/mol. The number of amides is 1. The van der Waals surface area contributed by atoms with E-state index in [-0.39, 0.29) is 23.2 Å². The topological polar surface area (TPSA) is 78.4 Å². The molecular weight excluding hydrogens is 384 g/mol. The van der Waals surface area contributed by atoms with Crippen LogP contribution in [0, 0.1) is 13.8 Å². The molecule has 3 aromatic carbocycles. The second kappa shape index (κ2) is 9.39. The third-order valence-electron chi connectivity index (χ3n) is 4.36. The number of anilines is 3. The van der Waals surface area contributed by atoms with Gasteiger partial charge < -0.3 is 15.7 Å². The van der Waals surface area contributed by atoms with Crippen LogP contribution in [-0.4, -0.2) is 21.0 Å². The first-order valence-electron chi connectivity index (χ1n) is 9.27. The molecule has 29 heavy (non-hydrogen) atoms. The Morgan fingerprint density at radius 1 is 0.931 bits per heavy atom. The molecule has 1 unspecified atom stereocenters. The predicted octanol–water partition coefficient (Wildman–Crippen LogP) is 4.64. The average Bonchev–Trinajstić information content (AvgIpc) is 2.68. The Bertz CT molecular complexity index is 1020. The Kier molecular flexibility index (Phi) is 6.67. The van der Waals surface area contributed by atoms with Gasteiger partial charge in [-0.15, -0.1) is 0 Å². The van der Waals surface area contributed by atoms with Crippen LogP contribution in [0.4, 0.5) is 17.1 Å². The van der Waals surface area contributed by atoms with Crippen LogP contribution in [0.1, 0.15) is 16.7 Å². The van der Waals surface area contributed by atoms with E-state index in [0.717, 1.165) is 22.5 Å². The predicted molar refractivity (Wildman–Crippen MR) is 119 cm³/mol. The lowest BCUT2D eigenvalue weighted by molar-refractivity contribution is -0.113. The van der Waals surface area contributed by atoms with Gasteiger partial charge in [-0.05, 0) is 55.8 Å². The molecule has 0 aliphatic heterocycles. The monoisotopic (exact) mass is 408 g/mol. The summed E-state index contributed by atoms with van der Waals surface area (Å²) in [6, 6.07) is 20.8.